The number of amides is 1. The topological polar surface area (TPSA) is 47.6 Å². The zero-order chi connectivity index (χ0) is 17.0. The van der Waals surface area contributed by atoms with Gasteiger partial charge in [-0.2, -0.15) is 0 Å². The van der Waals surface area contributed by atoms with E-state index < -0.39 is 0 Å². The lowest BCUT2D eigenvalue weighted by atomic mass is 10.0. The number of ether oxygens (including phenoxy) is 2. The minimum absolute atomic E-state index is 0.0843. The summed E-state index contributed by atoms with van der Waals surface area (Å²) in [5, 5.41) is 3.01. The van der Waals surface area contributed by atoms with E-state index in [1.807, 2.05) is 13.0 Å². The van der Waals surface area contributed by atoms with Gasteiger partial charge in [0.25, 0.3) is 5.91 Å². The van der Waals surface area contributed by atoms with E-state index in [2.05, 4.69) is 31.3 Å². The average molecular weight is 313 g/mol. The summed E-state index contributed by atoms with van der Waals surface area (Å²) in [7, 11) is 3.13. The smallest absolute Gasteiger partial charge is 0.252 e. The second kappa shape index (κ2) is 7.18. The van der Waals surface area contributed by atoms with Gasteiger partial charge in [0, 0.05) is 11.6 Å². The number of carbonyl (C=O) groups is 1. The molecule has 0 saturated heterocycles. The molecule has 2 aromatic rings. The van der Waals surface area contributed by atoms with Crippen LogP contribution in [0.2, 0.25) is 0 Å². The molecule has 0 unspecified atom stereocenters. The fourth-order valence-corrected chi connectivity index (χ4v) is 2.34. The van der Waals surface area contributed by atoms with Gasteiger partial charge in [-0.15, -0.1) is 0 Å². The largest absolute Gasteiger partial charge is 0.497 e. The number of carbonyl (C=O) groups excluding carboxylic acids is 1. The predicted octanol–water partition coefficient (Wildman–Crippen LogP) is 3.81. The molecule has 122 valence electrons. The number of rotatable bonds is 5. The Bertz CT molecular complexity index is 688. The summed E-state index contributed by atoms with van der Waals surface area (Å²) < 4.78 is 10.4. The number of methoxy groups -OCH3 is 2. The Morgan fingerprint density at radius 3 is 2.09 bits per heavy atom. The van der Waals surface area contributed by atoms with Gasteiger partial charge in [0.1, 0.15) is 11.5 Å². The fraction of sp³-hybridized carbons (Fsp3) is 0.316. The van der Waals surface area contributed by atoms with Crippen LogP contribution < -0.4 is 14.8 Å². The molecule has 4 heteroatoms. The minimum Gasteiger partial charge on any atom is -0.497 e. The van der Waals surface area contributed by atoms with Crippen molar-refractivity contribution in [3.8, 4) is 11.5 Å². The molecule has 0 aliphatic rings. The highest BCUT2D eigenvalue weighted by Gasteiger charge is 2.14. The monoisotopic (exact) mass is 313 g/mol. The number of benzene rings is 2. The van der Waals surface area contributed by atoms with Crippen LogP contribution >= 0.6 is 0 Å². The molecule has 0 radical (unpaired) electrons. The highest BCUT2D eigenvalue weighted by Crippen LogP contribution is 2.23. The molecule has 0 spiro atoms. The molecule has 1 amide bonds. The molecule has 0 heterocycles. The van der Waals surface area contributed by atoms with Crippen molar-refractivity contribution in [2.45, 2.75) is 26.8 Å². The van der Waals surface area contributed by atoms with E-state index in [9.17, 15) is 4.79 Å². The van der Waals surface area contributed by atoms with E-state index in [1.54, 1.807) is 32.4 Å². The van der Waals surface area contributed by atoms with Crippen molar-refractivity contribution in [2.24, 2.45) is 0 Å². The van der Waals surface area contributed by atoms with Crippen LogP contribution in [0.5, 0.6) is 11.5 Å². The Morgan fingerprint density at radius 2 is 1.57 bits per heavy atom. The molecule has 2 aromatic carbocycles. The Labute approximate surface area is 137 Å². The number of aryl methyl sites for hydroxylation is 2. The molecule has 23 heavy (non-hydrogen) atoms. The highest BCUT2D eigenvalue weighted by atomic mass is 16.5. The van der Waals surface area contributed by atoms with Crippen LogP contribution in [0.1, 0.15) is 40.0 Å². The van der Waals surface area contributed by atoms with Crippen molar-refractivity contribution in [3.05, 3.63) is 58.7 Å². The van der Waals surface area contributed by atoms with Gasteiger partial charge in [-0.25, -0.2) is 0 Å². The fourth-order valence-electron chi connectivity index (χ4n) is 2.34. The van der Waals surface area contributed by atoms with Gasteiger partial charge in [-0.05, 0) is 49.6 Å². The summed E-state index contributed by atoms with van der Waals surface area (Å²) in [6.07, 6.45) is 0. The van der Waals surface area contributed by atoms with E-state index in [-0.39, 0.29) is 11.9 Å². The first-order valence-corrected chi connectivity index (χ1v) is 7.55. The first-order chi connectivity index (χ1) is 10.9. The lowest BCUT2D eigenvalue weighted by Crippen LogP contribution is -2.26. The SMILES string of the molecule is COc1cc(OC)cc(C(=O)N[C@@H](C)c2ccc(C)c(C)c2)c1. The first-order valence-electron chi connectivity index (χ1n) is 7.55. The molecular formula is C19H23NO3. The Morgan fingerprint density at radius 1 is 0.957 bits per heavy atom. The van der Waals surface area contributed by atoms with Crippen LogP contribution in [-0.2, 0) is 0 Å². The van der Waals surface area contributed by atoms with E-state index in [0.717, 1.165) is 5.56 Å². The lowest BCUT2D eigenvalue weighted by molar-refractivity contribution is 0.0939. The second-order valence-electron chi connectivity index (χ2n) is 5.64. The third kappa shape index (κ3) is 4.03. The lowest BCUT2D eigenvalue weighted by Gasteiger charge is -2.16. The van der Waals surface area contributed by atoms with Crippen molar-refractivity contribution in [1.29, 1.82) is 0 Å². The van der Waals surface area contributed by atoms with Gasteiger partial charge < -0.3 is 14.8 Å². The van der Waals surface area contributed by atoms with Crippen LogP contribution in [0.25, 0.3) is 0 Å². The van der Waals surface area contributed by atoms with Crippen molar-refractivity contribution >= 4 is 5.91 Å². The number of hydrogen-bond donors (Lipinski definition) is 1. The van der Waals surface area contributed by atoms with Crippen molar-refractivity contribution in [1.82, 2.24) is 5.32 Å². The van der Waals surface area contributed by atoms with Gasteiger partial charge in [-0.1, -0.05) is 18.2 Å². The molecule has 1 atom stereocenters. The molecule has 1 N–H and O–H groups in total. The minimum atomic E-state index is -0.159. The molecule has 0 bridgehead atoms. The maximum absolute atomic E-state index is 12.5. The van der Waals surface area contributed by atoms with Gasteiger partial charge >= 0.3 is 0 Å². The molecular weight excluding hydrogens is 290 g/mol. The summed E-state index contributed by atoms with van der Waals surface area (Å²) in [6, 6.07) is 11.3. The summed E-state index contributed by atoms with van der Waals surface area (Å²) in [4.78, 5) is 12.5. The second-order valence-corrected chi connectivity index (χ2v) is 5.64. The summed E-state index contributed by atoms with van der Waals surface area (Å²) in [5.41, 5.74) is 4.05. The molecule has 0 aromatic heterocycles. The predicted molar refractivity (Wildman–Crippen MR) is 91.3 cm³/mol. The zero-order valence-corrected chi connectivity index (χ0v) is 14.3. The summed E-state index contributed by atoms with van der Waals surface area (Å²) >= 11 is 0. The van der Waals surface area contributed by atoms with Crippen LogP contribution in [0.3, 0.4) is 0 Å². The molecule has 0 saturated carbocycles. The zero-order valence-electron chi connectivity index (χ0n) is 14.3. The number of nitrogens with one attached hydrogen (secondary N) is 1. The van der Waals surface area contributed by atoms with Crippen molar-refractivity contribution in [3.63, 3.8) is 0 Å². The van der Waals surface area contributed by atoms with Gasteiger partial charge in [-0.3, -0.25) is 4.79 Å². The highest BCUT2D eigenvalue weighted by molar-refractivity contribution is 5.95. The molecule has 0 fully saturated rings. The van der Waals surface area contributed by atoms with E-state index in [0.29, 0.717) is 17.1 Å². The van der Waals surface area contributed by atoms with E-state index in [4.69, 9.17) is 9.47 Å². The number of hydrogen-bond acceptors (Lipinski definition) is 3. The first kappa shape index (κ1) is 16.9. The Balaban J connectivity index is 2.19. The van der Waals surface area contributed by atoms with Crippen LogP contribution in [-0.4, -0.2) is 20.1 Å². The summed E-state index contributed by atoms with van der Waals surface area (Å²) in [5.74, 6) is 1.02. The third-order valence-electron chi connectivity index (χ3n) is 3.99. The van der Waals surface area contributed by atoms with E-state index in [1.165, 1.54) is 11.1 Å². The third-order valence-corrected chi connectivity index (χ3v) is 3.99. The van der Waals surface area contributed by atoms with Gasteiger partial charge in [0.2, 0.25) is 0 Å². The van der Waals surface area contributed by atoms with Crippen molar-refractivity contribution in [2.75, 3.05) is 14.2 Å². The molecule has 0 aliphatic heterocycles. The molecule has 4 nitrogen and oxygen atoms in total. The van der Waals surface area contributed by atoms with Crippen LogP contribution in [0.15, 0.2) is 36.4 Å². The van der Waals surface area contributed by atoms with Gasteiger partial charge in [0.05, 0.1) is 20.3 Å². The van der Waals surface area contributed by atoms with Crippen LogP contribution in [0.4, 0.5) is 0 Å². The van der Waals surface area contributed by atoms with E-state index >= 15 is 0 Å². The molecule has 2 rings (SSSR count). The van der Waals surface area contributed by atoms with Crippen LogP contribution in [0, 0.1) is 13.8 Å². The Kier molecular flexibility index (Phi) is 5.27. The standard InChI is InChI=1S/C19H23NO3/c1-12-6-7-15(8-13(12)2)14(3)20-19(21)16-9-17(22-4)11-18(10-16)23-5/h6-11,14H,1-5H3,(H,20,21)/t14-/m0/s1. The average Bonchev–Trinajstić information content (AvgIpc) is 2.56. The quantitative estimate of drug-likeness (QED) is 0.913. The summed E-state index contributed by atoms with van der Waals surface area (Å²) in [6.45, 7) is 6.12. The molecule has 0 aliphatic carbocycles. The normalized spacial score (nSPS) is 11.7. The van der Waals surface area contributed by atoms with Gasteiger partial charge in [0.15, 0.2) is 0 Å². The Hall–Kier alpha value is -2.49. The maximum atomic E-state index is 12.5. The maximum Gasteiger partial charge on any atom is 0.252 e. The van der Waals surface area contributed by atoms with Crippen molar-refractivity contribution < 1.29 is 14.3 Å².